The zero-order valence-electron chi connectivity index (χ0n) is 17.7. The van der Waals surface area contributed by atoms with Crippen molar-refractivity contribution in [3.05, 3.63) is 29.8 Å². The average Bonchev–Trinajstić information content (AvgIpc) is 2.59. The van der Waals surface area contributed by atoms with Gasteiger partial charge in [0.25, 0.3) is 5.91 Å². The lowest BCUT2D eigenvalue weighted by Crippen LogP contribution is -2.46. The summed E-state index contributed by atoms with van der Waals surface area (Å²) >= 11 is 0. The van der Waals surface area contributed by atoms with Crippen LogP contribution in [0.5, 0.6) is 0 Å². The first-order valence-electron chi connectivity index (χ1n) is 10.1. The molecule has 1 aliphatic rings. The molecule has 0 radical (unpaired) electrons. The lowest BCUT2D eigenvalue weighted by molar-refractivity contribution is 0.0943. The molecule has 2 rings (SSSR count). The van der Waals surface area contributed by atoms with Crippen LogP contribution < -0.4 is 15.4 Å². The first-order chi connectivity index (χ1) is 13.0. The first-order valence-corrected chi connectivity index (χ1v) is 11.6. The fourth-order valence-corrected chi connectivity index (χ4v) is 4.29. The highest BCUT2D eigenvalue weighted by molar-refractivity contribution is 7.90. The monoisotopic (exact) mass is 409 g/mol. The van der Waals surface area contributed by atoms with Crippen LogP contribution in [0.2, 0.25) is 0 Å². The first kappa shape index (κ1) is 22.7. The van der Waals surface area contributed by atoms with Crippen molar-refractivity contribution in [3.8, 4) is 0 Å². The van der Waals surface area contributed by atoms with Gasteiger partial charge in [0.15, 0.2) is 0 Å². The summed E-state index contributed by atoms with van der Waals surface area (Å²) in [6.45, 7) is 9.88. The van der Waals surface area contributed by atoms with Gasteiger partial charge in [0, 0.05) is 29.9 Å². The van der Waals surface area contributed by atoms with E-state index in [1.807, 2.05) is 38.1 Å². The normalized spacial score (nSPS) is 20.8. The third-order valence-electron chi connectivity index (χ3n) is 5.11. The van der Waals surface area contributed by atoms with E-state index in [1.165, 1.54) is 0 Å². The lowest BCUT2D eigenvalue weighted by atomic mass is 9.86. The third kappa shape index (κ3) is 6.48. The Labute approximate surface area is 169 Å². The fraction of sp³-hybridized carbons (Fsp3) is 0.667. The van der Waals surface area contributed by atoms with E-state index in [2.05, 4.69) is 15.4 Å². The van der Waals surface area contributed by atoms with Crippen LogP contribution in [-0.4, -0.2) is 37.7 Å². The van der Waals surface area contributed by atoms with Crippen molar-refractivity contribution in [1.29, 1.82) is 0 Å². The van der Waals surface area contributed by atoms with E-state index in [0.29, 0.717) is 11.5 Å². The molecule has 1 aromatic rings. The number of amides is 1. The van der Waals surface area contributed by atoms with E-state index >= 15 is 0 Å². The summed E-state index contributed by atoms with van der Waals surface area (Å²) in [5.74, 6) is 0.439. The zero-order valence-corrected chi connectivity index (χ0v) is 18.5. The Kier molecular flexibility index (Phi) is 7.51. The van der Waals surface area contributed by atoms with Crippen LogP contribution in [-0.2, 0) is 10.0 Å². The summed E-state index contributed by atoms with van der Waals surface area (Å²) in [5.41, 5.74) is 1.59. The molecular weight excluding hydrogens is 374 g/mol. The second-order valence-corrected chi connectivity index (χ2v) is 11.5. The lowest BCUT2D eigenvalue weighted by Gasteiger charge is -2.31. The molecule has 0 atom stereocenters. The average molecular weight is 410 g/mol. The summed E-state index contributed by atoms with van der Waals surface area (Å²) in [6.07, 6.45) is 3.69. The quantitative estimate of drug-likeness (QED) is 0.643. The van der Waals surface area contributed by atoms with Gasteiger partial charge in [0.05, 0.1) is 4.75 Å². The molecule has 0 heterocycles. The molecule has 0 unspecified atom stereocenters. The number of carbonyl (C=O) groups excluding carboxylic acids is 1. The minimum absolute atomic E-state index is 0.0310. The Bertz CT molecular complexity index is 761. The third-order valence-corrected chi connectivity index (χ3v) is 7.37. The zero-order chi connectivity index (χ0) is 20.9. The smallest absolute Gasteiger partial charge is 0.251 e. The van der Waals surface area contributed by atoms with E-state index in [9.17, 15) is 13.2 Å². The van der Waals surface area contributed by atoms with Crippen LogP contribution in [0.15, 0.2) is 24.3 Å². The second kappa shape index (κ2) is 9.27. The maximum Gasteiger partial charge on any atom is 0.251 e. The van der Waals surface area contributed by atoms with Gasteiger partial charge in [-0.05, 0) is 84.4 Å². The molecule has 1 fully saturated rings. The number of benzene rings is 1. The van der Waals surface area contributed by atoms with Gasteiger partial charge in [-0.1, -0.05) is 6.07 Å². The van der Waals surface area contributed by atoms with Gasteiger partial charge in [0.1, 0.15) is 0 Å². The van der Waals surface area contributed by atoms with Crippen LogP contribution in [0.3, 0.4) is 0 Å². The molecule has 1 amide bonds. The maximum absolute atomic E-state index is 12.3. The van der Waals surface area contributed by atoms with Crippen LogP contribution >= 0.6 is 0 Å². The van der Waals surface area contributed by atoms with E-state index in [0.717, 1.165) is 37.9 Å². The molecule has 1 aliphatic carbocycles. The Hall–Kier alpha value is -1.60. The van der Waals surface area contributed by atoms with Crippen LogP contribution in [0.1, 0.15) is 70.7 Å². The SMILES string of the molecule is CC(C)NC(=O)c1cccc(NCC2CCC(NS(=O)(=O)C(C)(C)C)CC2)c1. The number of rotatable bonds is 7. The standard InChI is InChI=1S/C21H35N3O3S/c1-15(2)23-20(25)17-7-6-8-19(13-17)22-14-16-9-11-18(12-10-16)24-28(26,27)21(3,4)5/h6-8,13,15-16,18,22,24H,9-12,14H2,1-5H3,(H,23,25). The van der Waals surface area contributed by atoms with E-state index in [1.54, 1.807) is 20.8 Å². The number of sulfonamides is 1. The minimum Gasteiger partial charge on any atom is -0.385 e. The summed E-state index contributed by atoms with van der Waals surface area (Å²) in [4.78, 5) is 12.1. The molecule has 0 saturated heterocycles. The molecule has 1 saturated carbocycles. The second-order valence-electron chi connectivity index (χ2n) is 9.04. The largest absolute Gasteiger partial charge is 0.385 e. The maximum atomic E-state index is 12.3. The Morgan fingerprint density at radius 2 is 1.79 bits per heavy atom. The molecule has 0 aromatic heterocycles. The van der Waals surface area contributed by atoms with Crippen molar-refractivity contribution < 1.29 is 13.2 Å². The molecular formula is C21H35N3O3S. The highest BCUT2D eigenvalue weighted by Gasteiger charge is 2.32. The highest BCUT2D eigenvalue weighted by atomic mass is 32.2. The van der Waals surface area contributed by atoms with Gasteiger partial charge >= 0.3 is 0 Å². The number of hydrogen-bond donors (Lipinski definition) is 3. The Morgan fingerprint density at radius 1 is 1.14 bits per heavy atom. The Balaban J connectivity index is 1.82. The van der Waals surface area contributed by atoms with Crippen molar-refractivity contribution in [2.24, 2.45) is 5.92 Å². The Morgan fingerprint density at radius 3 is 2.36 bits per heavy atom. The van der Waals surface area contributed by atoms with E-state index in [-0.39, 0.29) is 18.0 Å². The summed E-state index contributed by atoms with van der Waals surface area (Å²) in [5, 5.41) is 6.33. The number of nitrogens with one attached hydrogen (secondary N) is 3. The van der Waals surface area contributed by atoms with Crippen molar-refractivity contribution in [2.45, 2.75) is 77.1 Å². The van der Waals surface area contributed by atoms with Crippen LogP contribution in [0, 0.1) is 5.92 Å². The van der Waals surface area contributed by atoms with Crippen molar-refractivity contribution in [2.75, 3.05) is 11.9 Å². The van der Waals surface area contributed by atoms with Crippen molar-refractivity contribution >= 4 is 21.6 Å². The van der Waals surface area contributed by atoms with Crippen molar-refractivity contribution in [3.63, 3.8) is 0 Å². The highest BCUT2D eigenvalue weighted by Crippen LogP contribution is 2.26. The van der Waals surface area contributed by atoms with Crippen LogP contribution in [0.4, 0.5) is 5.69 Å². The van der Waals surface area contributed by atoms with Gasteiger partial charge in [-0.15, -0.1) is 0 Å². The van der Waals surface area contributed by atoms with Gasteiger partial charge in [0.2, 0.25) is 10.0 Å². The minimum atomic E-state index is -3.30. The molecule has 0 aliphatic heterocycles. The fourth-order valence-electron chi connectivity index (χ4n) is 3.26. The molecule has 158 valence electrons. The van der Waals surface area contributed by atoms with Gasteiger partial charge in [-0.2, -0.15) is 0 Å². The number of carbonyl (C=O) groups is 1. The molecule has 28 heavy (non-hydrogen) atoms. The molecule has 3 N–H and O–H groups in total. The number of anilines is 1. The summed E-state index contributed by atoms with van der Waals surface area (Å²) in [7, 11) is -3.30. The van der Waals surface area contributed by atoms with Gasteiger partial charge < -0.3 is 10.6 Å². The molecule has 0 spiro atoms. The van der Waals surface area contributed by atoms with E-state index < -0.39 is 14.8 Å². The molecule has 0 bridgehead atoms. The van der Waals surface area contributed by atoms with Gasteiger partial charge in [-0.25, -0.2) is 13.1 Å². The predicted molar refractivity (Wildman–Crippen MR) is 115 cm³/mol. The predicted octanol–water partition coefficient (Wildman–Crippen LogP) is 3.51. The van der Waals surface area contributed by atoms with Crippen molar-refractivity contribution in [1.82, 2.24) is 10.0 Å². The summed E-state index contributed by atoms with van der Waals surface area (Å²) in [6, 6.07) is 7.68. The van der Waals surface area contributed by atoms with Gasteiger partial charge in [-0.3, -0.25) is 4.79 Å². The molecule has 7 heteroatoms. The van der Waals surface area contributed by atoms with Crippen LogP contribution in [0.25, 0.3) is 0 Å². The summed E-state index contributed by atoms with van der Waals surface area (Å²) < 4.78 is 26.7. The number of hydrogen-bond acceptors (Lipinski definition) is 4. The molecule has 6 nitrogen and oxygen atoms in total. The molecule has 1 aromatic carbocycles. The van der Waals surface area contributed by atoms with E-state index in [4.69, 9.17) is 0 Å². The topological polar surface area (TPSA) is 87.3 Å².